The summed E-state index contributed by atoms with van der Waals surface area (Å²) >= 11 is 0. The van der Waals surface area contributed by atoms with Crippen molar-refractivity contribution < 1.29 is 9.50 Å². The maximum absolute atomic E-state index is 13.0. The summed E-state index contributed by atoms with van der Waals surface area (Å²) in [6, 6.07) is 6.66. The zero-order valence-electron chi connectivity index (χ0n) is 7.13. The van der Waals surface area contributed by atoms with Crippen LogP contribution in [0.5, 0.6) is 0 Å². The van der Waals surface area contributed by atoms with Crippen molar-refractivity contribution >= 4 is 0 Å². The van der Waals surface area contributed by atoms with Gasteiger partial charge in [0.2, 0.25) is 0 Å². The lowest BCUT2D eigenvalue weighted by Gasteiger charge is -2.04. The Morgan fingerprint density at radius 2 is 2.08 bits per heavy atom. The molecule has 1 rings (SSSR count). The first-order valence-corrected chi connectivity index (χ1v) is 4.11. The number of benzene rings is 1. The van der Waals surface area contributed by atoms with E-state index >= 15 is 0 Å². The fourth-order valence-electron chi connectivity index (χ4n) is 1.07. The van der Waals surface area contributed by atoms with Crippen molar-refractivity contribution in [2.75, 3.05) is 0 Å². The molecule has 0 spiro atoms. The minimum Gasteiger partial charge on any atom is -0.393 e. The van der Waals surface area contributed by atoms with Crippen LogP contribution in [-0.2, 0) is 6.42 Å². The van der Waals surface area contributed by atoms with E-state index in [1.54, 1.807) is 25.1 Å². The van der Waals surface area contributed by atoms with Crippen LogP contribution in [0, 0.1) is 5.82 Å². The van der Waals surface area contributed by atoms with Gasteiger partial charge in [0, 0.05) is 0 Å². The van der Waals surface area contributed by atoms with Crippen LogP contribution in [0.2, 0.25) is 0 Å². The van der Waals surface area contributed by atoms with Gasteiger partial charge in [-0.05, 0) is 31.4 Å². The predicted molar refractivity (Wildman–Crippen MR) is 46.4 cm³/mol. The van der Waals surface area contributed by atoms with Crippen molar-refractivity contribution in [3.63, 3.8) is 0 Å². The van der Waals surface area contributed by atoms with E-state index in [1.165, 1.54) is 6.07 Å². The predicted octanol–water partition coefficient (Wildman–Crippen LogP) is 2.14. The Kier molecular flexibility index (Phi) is 3.23. The molecule has 0 aliphatic carbocycles. The first kappa shape index (κ1) is 9.20. The van der Waals surface area contributed by atoms with Gasteiger partial charge >= 0.3 is 0 Å². The number of halogens is 1. The molecule has 0 aliphatic heterocycles. The molecule has 0 fully saturated rings. The monoisotopic (exact) mass is 168 g/mol. The second-order valence-corrected chi connectivity index (χ2v) is 2.98. The first-order chi connectivity index (χ1) is 5.70. The van der Waals surface area contributed by atoms with Crippen LogP contribution in [0.3, 0.4) is 0 Å². The Labute approximate surface area is 71.9 Å². The van der Waals surface area contributed by atoms with E-state index in [0.717, 1.165) is 0 Å². The zero-order valence-corrected chi connectivity index (χ0v) is 7.13. The van der Waals surface area contributed by atoms with Gasteiger partial charge in [0.1, 0.15) is 5.82 Å². The van der Waals surface area contributed by atoms with E-state index < -0.39 is 0 Å². The zero-order chi connectivity index (χ0) is 8.97. The Bertz CT molecular complexity index is 245. The van der Waals surface area contributed by atoms with Gasteiger partial charge in [-0.25, -0.2) is 4.39 Å². The van der Waals surface area contributed by atoms with E-state index in [-0.39, 0.29) is 11.9 Å². The van der Waals surface area contributed by atoms with Gasteiger partial charge in [0.25, 0.3) is 0 Å². The van der Waals surface area contributed by atoms with Gasteiger partial charge in [-0.3, -0.25) is 0 Å². The molecule has 0 aromatic heterocycles. The van der Waals surface area contributed by atoms with Crippen LogP contribution >= 0.6 is 0 Å². The lowest BCUT2D eigenvalue weighted by molar-refractivity contribution is 0.184. The first-order valence-electron chi connectivity index (χ1n) is 4.11. The molecule has 0 heterocycles. The molecule has 1 atom stereocenters. The summed E-state index contributed by atoms with van der Waals surface area (Å²) < 4.78 is 13.0. The molecular formula is C10H13FO. The average molecular weight is 168 g/mol. The maximum atomic E-state index is 13.0. The molecule has 0 saturated carbocycles. The van der Waals surface area contributed by atoms with Crippen molar-refractivity contribution in [2.24, 2.45) is 0 Å². The van der Waals surface area contributed by atoms with Crippen LogP contribution in [0.4, 0.5) is 4.39 Å². The van der Waals surface area contributed by atoms with Crippen LogP contribution < -0.4 is 0 Å². The number of hydrogen-bond acceptors (Lipinski definition) is 1. The summed E-state index contributed by atoms with van der Waals surface area (Å²) in [5, 5.41) is 8.98. The quantitative estimate of drug-likeness (QED) is 0.733. The number of aliphatic hydroxyl groups is 1. The molecule has 0 unspecified atom stereocenters. The van der Waals surface area contributed by atoms with Gasteiger partial charge < -0.3 is 5.11 Å². The van der Waals surface area contributed by atoms with E-state index in [4.69, 9.17) is 5.11 Å². The highest BCUT2D eigenvalue weighted by atomic mass is 19.1. The summed E-state index contributed by atoms with van der Waals surface area (Å²) in [7, 11) is 0. The maximum Gasteiger partial charge on any atom is 0.126 e. The second kappa shape index (κ2) is 4.21. The van der Waals surface area contributed by atoms with Crippen LogP contribution in [0.15, 0.2) is 24.3 Å². The van der Waals surface area contributed by atoms with Gasteiger partial charge in [-0.2, -0.15) is 0 Å². The summed E-state index contributed by atoms with van der Waals surface area (Å²) in [5.74, 6) is -0.182. The Hall–Kier alpha value is -0.890. The third kappa shape index (κ3) is 2.62. The minimum atomic E-state index is -0.357. The van der Waals surface area contributed by atoms with Crippen molar-refractivity contribution in [3.8, 4) is 0 Å². The summed E-state index contributed by atoms with van der Waals surface area (Å²) in [4.78, 5) is 0. The fourth-order valence-corrected chi connectivity index (χ4v) is 1.07. The number of hydrogen-bond donors (Lipinski definition) is 1. The molecule has 1 nitrogen and oxygen atoms in total. The molecule has 1 aromatic carbocycles. The molecule has 66 valence electrons. The summed E-state index contributed by atoms with van der Waals surface area (Å²) in [6.07, 6.45) is 0.857. The van der Waals surface area contributed by atoms with E-state index in [9.17, 15) is 4.39 Å². The number of rotatable bonds is 3. The SMILES string of the molecule is C[C@H](O)CCc1ccccc1F. The van der Waals surface area contributed by atoms with E-state index in [1.807, 2.05) is 0 Å². The molecular weight excluding hydrogens is 155 g/mol. The molecule has 1 N–H and O–H groups in total. The van der Waals surface area contributed by atoms with Crippen LogP contribution in [-0.4, -0.2) is 11.2 Å². The largest absolute Gasteiger partial charge is 0.393 e. The average Bonchev–Trinajstić information content (AvgIpc) is 2.03. The smallest absolute Gasteiger partial charge is 0.126 e. The highest BCUT2D eigenvalue weighted by Crippen LogP contribution is 2.09. The van der Waals surface area contributed by atoms with E-state index in [0.29, 0.717) is 18.4 Å². The third-order valence-electron chi connectivity index (χ3n) is 1.79. The molecule has 0 aliphatic rings. The molecule has 1 aromatic rings. The van der Waals surface area contributed by atoms with Gasteiger partial charge in [-0.15, -0.1) is 0 Å². The highest BCUT2D eigenvalue weighted by Gasteiger charge is 2.01. The number of aryl methyl sites for hydroxylation is 1. The van der Waals surface area contributed by atoms with Crippen molar-refractivity contribution in [2.45, 2.75) is 25.9 Å². The third-order valence-corrected chi connectivity index (χ3v) is 1.79. The second-order valence-electron chi connectivity index (χ2n) is 2.98. The highest BCUT2D eigenvalue weighted by molar-refractivity contribution is 5.17. The van der Waals surface area contributed by atoms with Crippen molar-refractivity contribution in [1.82, 2.24) is 0 Å². The topological polar surface area (TPSA) is 20.2 Å². The van der Waals surface area contributed by atoms with Crippen molar-refractivity contribution in [1.29, 1.82) is 0 Å². The summed E-state index contributed by atoms with van der Waals surface area (Å²) in [6.45, 7) is 1.71. The standard InChI is InChI=1S/C10H13FO/c1-8(12)6-7-9-4-2-3-5-10(9)11/h2-5,8,12H,6-7H2,1H3/t8-/m0/s1. The molecule has 0 radical (unpaired) electrons. The molecule has 12 heavy (non-hydrogen) atoms. The molecule has 0 saturated heterocycles. The van der Waals surface area contributed by atoms with Gasteiger partial charge in [0.15, 0.2) is 0 Å². The van der Waals surface area contributed by atoms with Gasteiger partial charge in [-0.1, -0.05) is 18.2 Å². The lowest BCUT2D eigenvalue weighted by atomic mass is 10.1. The minimum absolute atomic E-state index is 0.182. The number of aliphatic hydroxyl groups excluding tert-OH is 1. The van der Waals surface area contributed by atoms with E-state index in [2.05, 4.69) is 0 Å². The fraction of sp³-hybridized carbons (Fsp3) is 0.400. The molecule has 0 amide bonds. The Morgan fingerprint density at radius 3 is 2.67 bits per heavy atom. The van der Waals surface area contributed by atoms with Crippen molar-refractivity contribution in [3.05, 3.63) is 35.6 Å². The molecule has 2 heteroatoms. The molecule has 0 bridgehead atoms. The van der Waals surface area contributed by atoms with Crippen LogP contribution in [0.1, 0.15) is 18.9 Å². The Balaban J connectivity index is 2.57. The lowest BCUT2D eigenvalue weighted by Crippen LogP contribution is -2.02. The summed E-state index contributed by atoms with van der Waals surface area (Å²) in [5.41, 5.74) is 0.679. The van der Waals surface area contributed by atoms with Gasteiger partial charge in [0.05, 0.1) is 6.10 Å². The normalized spacial score (nSPS) is 12.9. The Morgan fingerprint density at radius 1 is 1.42 bits per heavy atom. The van der Waals surface area contributed by atoms with Crippen LogP contribution in [0.25, 0.3) is 0 Å².